The summed E-state index contributed by atoms with van der Waals surface area (Å²) in [7, 11) is 0. The molecule has 1 aromatic heterocycles. The van der Waals surface area contributed by atoms with Gasteiger partial charge in [-0.15, -0.1) is 11.3 Å². The Hall–Kier alpha value is -0.350. The van der Waals surface area contributed by atoms with E-state index < -0.39 is 0 Å². The lowest BCUT2D eigenvalue weighted by Crippen LogP contribution is -2.22. The van der Waals surface area contributed by atoms with Gasteiger partial charge in [-0.1, -0.05) is 30.7 Å². The molecule has 2 rings (SSSR count). The van der Waals surface area contributed by atoms with E-state index in [2.05, 4.69) is 54.2 Å². The van der Waals surface area contributed by atoms with Crippen LogP contribution in [0.5, 0.6) is 0 Å². The van der Waals surface area contributed by atoms with Crippen molar-refractivity contribution in [3.8, 4) is 0 Å². The first-order chi connectivity index (χ1) is 9.04. The lowest BCUT2D eigenvalue weighted by atomic mass is 10.0. The highest BCUT2D eigenvalue weighted by atomic mass is 79.9. The molecule has 1 aromatic carbocycles. The zero-order valence-electron chi connectivity index (χ0n) is 11.3. The van der Waals surface area contributed by atoms with Gasteiger partial charge < -0.3 is 5.32 Å². The maximum atomic E-state index is 6.45. The lowest BCUT2D eigenvalue weighted by molar-refractivity contribution is 0.637. The number of hydrogen-bond donors (Lipinski definition) is 1. The zero-order chi connectivity index (χ0) is 14.0. The summed E-state index contributed by atoms with van der Waals surface area (Å²) in [5, 5.41) is 4.33. The van der Waals surface area contributed by atoms with Gasteiger partial charge >= 0.3 is 0 Å². The summed E-state index contributed by atoms with van der Waals surface area (Å²) in [5.41, 5.74) is 2.45. The van der Waals surface area contributed by atoms with Crippen molar-refractivity contribution >= 4 is 38.9 Å². The van der Waals surface area contributed by atoms with Gasteiger partial charge in [-0.05, 0) is 59.6 Å². The van der Waals surface area contributed by atoms with E-state index in [-0.39, 0.29) is 6.04 Å². The molecular formula is C15H17BrClNS. The van der Waals surface area contributed by atoms with Gasteiger partial charge in [-0.25, -0.2) is 0 Å². The minimum absolute atomic E-state index is 0.161. The molecule has 102 valence electrons. The van der Waals surface area contributed by atoms with Gasteiger partial charge in [-0.3, -0.25) is 0 Å². The van der Waals surface area contributed by atoms with E-state index in [9.17, 15) is 0 Å². The van der Waals surface area contributed by atoms with Gasteiger partial charge in [-0.2, -0.15) is 0 Å². The van der Waals surface area contributed by atoms with Crippen LogP contribution in [0.25, 0.3) is 0 Å². The minimum Gasteiger partial charge on any atom is -0.306 e. The predicted molar refractivity (Wildman–Crippen MR) is 88.5 cm³/mol. The van der Waals surface area contributed by atoms with Crippen LogP contribution in [0.1, 0.15) is 33.8 Å². The fourth-order valence-corrected chi connectivity index (χ4v) is 3.98. The Labute approximate surface area is 132 Å². The maximum absolute atomic E-state index is 6.45. The SMILES string of the molecule is CCNC(c1cccc(Br)c1Cl)c1sc(C)cc1C. The second-order valence-corrected chi connectivity index (χ2v) is 7.06. The Balaban J connectivity index is 2.51. The van der Waals surface area contributed by atoms with Crippen molar-refractivity contribution in [2.24, 2.45) is 0 Å². The topological polar surface area (TPSA) is 12.0 Å². The van der Waals surface area contributed by atoms with Crippen LogP contribution in [0.4, 0.5) is 0 Å². The minimum atomic E-state index is 0.161. The highest BCUT2D eigenvalue weighted by Crippen LogP contribution is 2.37. The molecule has 0 saturated carbocycles. The Bertz CT molecular complexity index is 580. The highest BCUT2D eigenvalue weighted by Gasteiger charge is 2.20. The zero-order valence-corrected chi connectivity index (χ0v) is 14.4. The predicted octanol–water partition coefficient (Wildman–Crippen LogP) is 5.48. The maximum Gasteiger partial charge on any atom is 0.0688 e. The van der Waals surface area contributed by atoms with Crippen molar-refractivity contribution in [2.45, 2.75) is 26.8 Å². The Morgan fingerprint density at radius 2 is 2.11 bits per heavy atom. The standard InChI is InChI=1S/C15H17BrClNS/c1-4-18-14(15-9(2)8-10(3)19-15)11-6-5-7-12(16)13(11)17/h5-8,14,18H,4H2,1-3H3. The molecule has 1 atom stereocenters. The largest absolute Gasteiger partial charge is 0.306 e. The fourth-order valence-electron chi connectivity index (χ4n) is 2.24. The molecular weight excluding hydrogens is 342 g/mol. The van der Waals surface area contributed by atoms with Crippen LogP contribution in [0.2, 0.25) is 5.02 Å². The number of halogens is 2. The smallest absolute Gasteiger partial charge is 0.0688 e. The molecule has 0 bridgehead atoms. The Morgan fingerprint density at radius 3 is 2.68 bits per heavy atom. The van der Waals surface area contributed by atoms with Crippen LogP contribution in [0.15, 0.2) is 28.7 Å². The van der Waals surface area contributed by atoms with Gasteiger partial charge in [0.1, 0.15) is 0 Å². The Kier molecular flexibility index (Phi) is 5.07. The number of aryl methyl sites for hydroxylation is 2. The van der Waals surface area contributed by atoms with E-state index in [0.29, 0.717) is 0 Å². The molecule has 0 fully saturated rings. The van der Waals surface area contributed by atoms with Crippen molar-refractivity contribution in [2.75, 3.05) is 6.54 Å². The van der Waals surface area contributed by atoms with Crippen LogP contribution in [-0.2, 0) is 0 Å². The molecule has 0 spiro atoms. The van der Waals surface area contributed by atoms with E-state index >= 15 is 0 Å². The third-order valence-corrected chi connectivity index (χ3v) is 5.57. The summed E-state index contributed by atoms with van der Waals surface area (Å²) in [6, 6.07) is 8.49. The van der Waals surface area contributed by atoms with E-state index in [1.54, 1.807) is 0 Å². The molecule has 0 amide bonds. The Morgan fingerprint density at radius 1 is 1.37 bits per heavy atom. The van der Waals surface area contributed by atoms with Crippen LogP contribution in [-0.4, -0.2) is 6.54 Å². The number of rotatable bonds is 4. The average molecular weight is 359 g/mol. The van der Waals surface area contributed by atoms with Crippen molar-refractivity contribution in [3.05, 3.63) is 54.6 Å². The molecule has 4 heteroatoms. The number of benzene rings is 1. The van der Waals surface area contributed by atoms with Crippen LogP contribution in [0, 0.1) is 13.8 Å². The van der Waals surface area contributed by atoms with Gasteiger partial charge in [0, 0.05) is 14.2 Å². The van der Waals surface area contributed by atoms with E-state index in [1.807, 2.05) is 23.5 Å². The van der Waals surface area contributed by atoms with Crippen LogP contribution >= 0.6 is 38.9 Å². The molecule has 1 N–H and O–H groups in total. The highest BCUT2D eigenvalue weighted by molar-refractivity contribution is 9.10. The summed E-state index contributed by atoms with van der Waals surface area (Å²) in [6.45, 7) is 7.33. The molecule has 0 aliphatic rings. The molecule has 0 saturated heterocycles. The average Bonchev–Trinajstić information content (AvgIpc) is 2.69. The number of thiophene rings is 1. The summed E-state index contributed by atoms with van der Waals surface area (Å²) in [6.07, 6.45) is 0. The number of hydrogen-bond acceptors (Lipinski definition) is 2. The molecule has 0 aliphatic carbocycles. The van der Waals surface area contributed by atoms with Crippen molar-refractivity contribution < 1.29 is 0 Å². The van der Waals surface area contributed by atoms with Crippen molar-refractivity contribution in [3.63, 3.8) is 0 Å². The normalized spacial score (nSPS) is 12.7. The lowest BCUT2D eigenvalue weighted by Gasteiger charge is -2.20. The first-order valence-corrected chi connectivity index (χ1v) is 8.27. The van der Waals surface area contributed by atoms with Gasteiger partial charge in [0.25, 0.3) is 0 Å². The molecule has 19 heavy (non-hydrogen) atoms. The quantitative estimate of drug-likeness (QED) is 0.763. The third-order valence-electron chi connectivity index (χ3n) is 3.04. The molecule has 0 radical (unpaired) electrons. The van der Waals surface area contributed by atoms with E-state index in [0.717, 1.165) is 21.6 Å². The van der Waals surface area contributed by atoms with Gasteiger partial charge in [0.05, 0.1) is 11.1 Å². The summed E-state index contributed by atoms with van der Waals surface area (Å²) < 4.78 is 0.945. The number of nitrogens with one attached hydrogen (secondary N) is 1. The first kappa shape index (κ1) is 15.0. The van der Waals surface area contributed by atoms with E-state index in [1.165, 1.54) is 15.3 Å². The van der Waals surface area contributed by atoms with Crippen LogP contribution in [0.3, 0.4) is 0 Å². The molecule has 1 nitrogen and oxygen atoms in total. The monoisotopic (exact) mass is 357 g/mol. The summed E-state index contributed by atoms with van der Waals surface area (Å²) >= 11 is 11.8. The van der Waals surface area contributed by atoms with Gasteiger partial charge in [0.2, 0.25) is 0 Å². The van der Waals surface area contributed by atoms with E-state index in [4.69, 9.17) is 11.6 Å². The molecule has 1 unspecified atom stereocenters. The third kappa shape index (κ3) is 3.22. The fraction of sp³-hybridized carbons (Fsp3) is 0.333. The van der Waals surface area contributed by atoms with Crippen LogP contribution < -0.4 is 5.32 Å². The molecule has 0 aliphatic heterocycles. The second-order valence-electron chi connectivity index (χ2n) is 4.54. The second kappa shape index (κ2) is 6.40. The summed E-state index contributed by atoms with van der Waals surface area (Å²) in [4.78, 5) is 2.68. The van der Waals surface area contributed by atoms with Gasteiger partial charge in [0.15, 0.2) is 0 Å². The molecule has 2 aromatic rings. The van der Waals surface area contributed by atoms with Crippen molar-refractivity contribution in [1.82, 2.24) is 5.32 Å². The van der Waals surface area contributed by atoms with Crippen molar-refractivity contribution in [1.29, 1.82) is 0 Å². The summed E-state index contributed by atoms with van der Waals surface area (Å²) in [5.74, 6) is 0. The first-order valence-electron chi connectivity index (χ1n) is 6.28. The molecule has 1 heterocycles.